The zero-order chi connectivity index (χ0) is 16.8. The molecule has 6 heteroatoms. The second-order valence-corrected chi connectivity index (χ2v) is 6.70. The molecule has 0 radical (unpaired) electrons. The van der Waals surface area contributed by atoms with Gasteiger partial charge in [0.2, 0.25) is 0 Å². The van der Waals surface area contributed by atoms with Crippen molar-refractivity contribution in [3.63, 3.8) is 0 Å². The van der Waals surface area contributed by atoms with Crippen molar-refractivity contribution in [3.8, 4) is 5.75 Å². The second kappa shape index (κ2) is 8.57. The molecule has 0 saturated heterocycles. The van der Waals surface area contributed by atoms with Crippen LogP contribution in [-0.2, 0) is 11.3 Å². The standard InChI is InChI=1S/C17H26N2O3S/c1-4-19(11-17(20)21)14-8-13(9-14)18-10-12-5-6-16(23-3)15(7-12)22-2/h5-7,13-14,18H,4,8-11H2,1-3H3,(H,20,21). The number of carboxylic acid groups (broad SMARTS) is 1. The van der Waals surface area contributed by atoms with Crippen molar-refractivity contribution in [2.45, 2.75) is 43.3 Å². The van der Waals surface area contributed by atoms with E-state index in [1.165, 1.54) is 5.56 Å². The number of hydrogen-bond donors (Lipinski definition) is 2. The molecule has 1 aromatic carbocycles. The van der Waals surface area contributed by atoms with Crippen molar-refractivity contribution in [2.24, 2.45) is 0 Å². The second-order valence-electron chi connectivity index (χ2n) is 5.85. The number of ether oxygens (including phenoxy) is 1. The number of nitrogens with zero attached hydrogens (tertiary/aromatic N) is 1. The molecule has 0 spiro atoms. The minimum atomic E-state index is -0.746. The topological polar surface area (TPSA) is 61.8 Å². The van der Waals surface area contributed by atoms with E-state index in [2.05, 4.69) is 23.5 Å². The van der Waals surface area contributed by atoms with Gasteiger partial charge >= 0.3 is 5.97 Å². The third kappa shape index (κ3) is 4.86. The highest BCUT2D eigenvalue weighted by atomic mass is 32.2. The van der Waals surface area contributed by atoms with Gasteiger partial charge in [0.25, 0.3) is 0 Å². The fraction of sp³-hybridized carbons (Fsp3) is 0.588. The van der Waals surface area contributed by atoms with Crippen LogP contribution in [0.3, 0.4) is 0 Å². The molecule has 0 atom stereocenters. The molecule has 2 N–H and O–H groups in total. The monoisotopic (exact) mass is 338 g/mol. The van der Waals surface area contributed by atoms with Crippen LogP contribution in [0, 0.1) is 0 Å². The molecular weight excluding hydrogens is 312 g/mol. The molecule has 1 aromatic rings. The lowest BCUT2D eigenvalue weighted by atomic mass is 9.85. The number of methoxy groups -OCH3 is 1. The predicted molar refractivity (Wildman–Crippen MR) is 93.3 cm³/mol. The molecule has 2 rings (SSSR count). The Bertz CT molecular complexity index is 533. The number of carbonyl (C=O) groups is 1. The van der Waals surface area contributed by atoms with Gasteiger partial charge in [-0.2, -0.15) is 0 Å². The Morgan fingerprint density at radius 2 is 2.22 bits per heavy atom. The summed E-state index contributed by atoms with van der Waals surface area (Å²) in [5.74, 6) is 0.172. The summed E-state index contributed by atoms with van der Waals surface area (Å²) < 4.78 is 5.41. The van der Waals surface area contributed by atoms with Crippen LogP contribution in [-0.4, -0.2) is 54.5 Å². The lowest BCUT2D eigenvalue weighted by Gasteiger charge is -2.42. The van der Waals surface area contributed by atoms with E-state index in [9.17, 15) is 4.79 Å². The number of likely N-dealkylation sites (N-methyl/N-ethyl adjacent to an activating group) is 1. The third-order valence-corrected chi connectivity index (χ3v) is 5.19. The fourth-order valence-corrected chi connectivity index (χ4v) is 3.53. The van der Waals surface area contributed by atoms with Crippen LogP contribution in [0.5, 0.6) is 5.75 Å². The quantitative estimate of drug-likeness (QED) is 0.675. The fourth-order valence-electron chi connectivity index (χ4n) is 2.98. The maximum absolute atomic E-state index is 10.8. The number of benzene rings is 1. The third-order valence-electron chi connectivity index (χ3n) is 4.42. The van der Waals surface area contributed by atoms with Crippen LogP contribution < -0.4 is 10.1 Å². The first-order valence-corrected chi connectivity index (χ1v) is 9.20. The molecule has 0 heterocycles. The number of hydrogen-bond acceptors (Lipinski definition) is 5. The van der Waals surface area contributed by atoms with E-state index in [0.717, 1.165) is 36.6 Å². The molecule has 23 heavy (non-hydrogen) atoms. The number of carboxylic acids is 1. The van der Waals surface area contributed by atoms with Crippen LogP contribution in [0.25, 0.3) is 0 Å². The molecule has 0 aliphatic heterocycles. The van der Waals surface area contributed by atoms with Gasteiger partial charge in [-0.1, -0.05) is 13.0 Å². The lowest BCUT2D eigenvalue weighted by Crippen LogP contribution is -2.53. The average molecular weight is 338 g/mol. The highest BCUT2D eigenvalue weighted by Crippen LogP contribution is 2.29. The Hall–Kier alpha value is -1.24. The van der Waals surface area contributed by atoms with Crippen LogP contribution in [0.15, 0.2) is 23.1 Å². The Balaban J connectivity index is 1.79. The summed E-state index contributed by atoms with van der Waals surface area (Å²) in [5.41, 5.74) is 1.21. The molecule has 0 unspecified atom stereocenters. The smallest absolute Gasteiger partial charge is 0.317 e. The largest absolute Gasteiger partial charge is 0.496 e. The molecule has 1 aliphatic carbocycles. The lowest BCUT2D eigenvalue weighted by molar-refractivity contribution is -0.139. The van der Waals surface area contributed by atoms with Gasteiger partial charge in [0.1, 0.15) is 5.75 Å². The van der Waals surface area contributed by atoms with Crippen molar-refractivity contribution in [1.82, 2.24) is 10.2 Å². The first-order chi connectivity index (χ1) is 11.1. The van der Waals surface area contributed by atoms with Crippen molar-refractivity contribution >= 4 is 17.7 Å². The molecule has 1 saturated carbocycles. The van der Waals surface area contributed by atoms with Crippen molar-refractivity contribution < 1.29 is 14.6 Å². The van der Waals surface area contributed by atoms with Crippen LogP contribution in [0.1, 0.15) is 25.3 Å². The van der Waals surface area contributed by atoms with E-state index in [4.69, 9.17) is 9.84 Å². The van der Waals surface area contributed by atoms with E-state index in [-0.39, 0.29) is 6.54 Å². The number of thioether (sulfide) groups is 1. The normalized spacial score (nSPS) is 20.3. The number of aliphatic carboxylic acids is 1. The van der Waals surface area contributed by atoms with Gasteiger partial charge in [-0.15, -0.1) is 11.8 Å². The Labute approximate surface area is 142 Å². The molecule has 5 nitrogen and oxygen atoms in total. The first kappa shape index (κ1) is 18.1. The van der Waals surface area contributed by atoms with Gasteiger partial charge < -0.3 is 15.2 Å². The van der Waals surface area contributed by atoms with E-state index in [0.29, 0.717) is 12.1 Å². The summed E-state index contributed by atoms with van der Waals surface area (Å²) in [6.45, 7) is 3.76. The summed E-state index contributed by atoms with van der Waals surface area (Å²) in [4.78, 5) is 14.0. The summed E-state index contributed by atoms with van der Waals surface area (Å²) in [5, 5.41) is 12.5. The maximum Gasteiger partial charge on any atom is 0.317 e. The summed E-state index contributed by atoms with van der Waals surface area (Å²) in [6, 6.07) is 7.16. The van der Waals surface area contributed by atoms with Gasteiger partial charge in [-0.25, -0.2) is 0 Å². The van der Waals surface area contributed by atoms with Gasteiger partial charge in [0, 0.05) is 23.5 Å². The number of nitrogens with one attached hydrogen (secondary N) is 1. The molecule has 0 amide bonds. The molecule has 0 aromatic heterocycles. The predicted octanol–water partition coefficient (Wildman–Crippen LogP) is 2.44. The first-order valence-electron chi connectivity index (χ1n) is 7.97. The highest BCUT2D eigenvalue weighted by Gasteiger charge is 2.33. The summed E-state index contributed by atoms with van der Waals surface area (Å²) in [7, 11) is 1.70. The van der Waals surface area contributed by atoms with Crippen LogP contribution >= 0.6 is 11.8 Å². The van der Waals surface area contributed by atoms with Crippen LogP contribution in [0.4, 0.5) is 0 Å². The zero-order valence-corrected chi connectivity index (χ0v) is 14.9. The highest BCUT2D eigenvalue weighted by molar-refractivity contribution is 7.98. The minimum absolute atomic E-state index is 0.140. The average Bonchev–Trinajstić information content (AvgIpc) is 2.51. The molecular formula is C17H26N2O3S. The van der Waals surface area contributed by atoms with E-state index in [1.54, 1.807) is 18.9 Å². The summed E-state index contributed by atoms with van der Waals surface area (Å²) in [6.07, 6.45) is 4.07. The molecule has 0 bridgehead atoms. The number of rotatable bonds is 9. The van der Waals surface area contributed by atoms with Gasteiger partial charge in [0.05, 0.1) is 13.7 Å². The molecule has 128 valence electrons. The maximum atomic E-state index is 10.8. The Morgan fingerprint density at radius 1 is 1.48 bits per heavy atom. The molecule has 1 aliphatic rings. The Kier molecular flexibility index (Phi) is 6.74. The molecule has 1 fully saturated rings. The van der Waals surface area contributed by atoms with Crippen molar-refractivity contribution in [1.29, 1.82) is 0 Å². The van der Waals surface area contributed by atoms with Crippen molar-refractivity contribution in [3.05, 3.63) is 23.8 Å². The SMILES string of the molecule is CCN(CC(=O)O)C1CC(NCc2ccc(SC)c(OC)c2)C1. The van der Waals surface area contributed by atoms with Gasteiger partial charge in [-0.05, 0) is 43.3 Å². The van der Waals surface area contributed by atoms with E-state index < -0.39 is 5.97 Å². The minimum Gasteiger partial charge on any atom is -0.496 e. The van der Waals surface area contributed by atoms with Gasteiger partial charge in [0.15, 0.2) is 0 Å². The van der Waals surface area contributed by atoms with E-state index >= 15 is 0 Å². The summed E-state index contributed by atoms with van der Waals surface area (Å²) >= 11 is 1.68. The van der Waals surface area contributed by atoms with Crippen LogP contribution in [0.2, 0.25) is 0 Å². The van der Waals surface area contributed by atoms with Gasteiger partial charge in [-0.3, -0.25) is 9.69 Å². The van der Waals surface area contributed by atoms with E-state index in [1.807, 2.05) is 18.1 Å². The zero-order valence-electron chi connectivity index (χ0n) is 14.0. The Morgan fingerprint density at radius 3 is 2.78 bits per heavy atom. The van der Waals surface area contributed by atoms with Crippen molar-refractivity contribution in [2.75, 3.05) is 26.5 Å².